The van der Waals surface area contributed by atoms with E-state index < -0.39 is 5.91 Å². The second-order valence-electron chi connectivity index (χ2n) is 6.63. The molecule has 0 fully saturated rings. The number of amidine groups is 1. The molecule has 0 bridgehead atoms. The molecule has 2 N–H and O–H groups in total. The minimum absolute atomic E-state index is 0.188. The van der Waals surface area contributed by atoms with Crippen LogP contribution in [0.5, 0.6) is 11.5 Å². The fourth-order valence-corrected chi connectivity index (χ4v) is 3.58. The highest BCUT2D eigenvalue weighted by Crippen LogP contribution is 2.32. The van der Waals surface area contributed by atoms with Gasteiger partial charge in [-0.2, -0.15) is 4.99 Å². The number of ether oxygens (including phenoxy) is 2. The summed E-state index contributed by atoms with van der Waals surface area (Å²) in [6, 6.07) is 12.5. The molecule has 0 unspecified atom stereocenters. The molecule has 9 heteroatoms. The van der Waals surface area contributed by atoms with Crippen molar-refractivity contribution in [3.8, 4) is 11.5 Å². The second-order valence-corrected chi connectivity index (χ2v) is 7.66. The van der Waals surface area contributed by atoms with Crippen molar-refractivity contribution in [2.24, 2.45) is 4.99 Å². The SMILES string of the molecule is COc1cc(/C=C2\SC(NC(C)=O)=NC2=O)ccc1OCC(=O)Nc1cccc(C)c1. The summed E-state index contributed by atoms with van der Waals surface area (Å²) >= 11 is 1.08. The van der Waals surface area contributed by atoms with Gasteiger partial charge in [-0.15, -0.1) is 0 Å². The van der Waals surface area contributed by atoms with Crippen molar-refractivity contribution >= 4 is 46.4 Å². The highest BCUT2D eigenvalue weighted by molar-refractivity contribution is 8.18. The average molecular weight is 439 g/mol. The Morgan fingerprint density at radius 3 is 2.65 bits per heavy atom. The van der Waals surface area contributed by atoms with Crippen molar-refractivity contribution in [2.45, 2.75) is 13.8 Å². The Labute approximate surface area is 183 Å². The van der Waals surface area contributed by atoms with Crippen LogP contribution in [0.4, 0.5) is 5.69 Å². The molecule has 160 valence electrons. The Hall–Kier alpha value is -3.59. The number of thioether (sulfide) groups is 1. The number of hydrogen-bond donors (Lipinski definition) is 2. The van der Waals surface area contributed by atoms with Crippen LogP contribution in [0.15, 0.2) is 52.4 Å². The van der Waals surface area contributed by atoms with Crippen molar-refractivity contribution in [3.05, 3.63) is 58.5 Å². The van der Waals surface area contributed by atoms with E-state index in [1.165, 1.54) is 14.0 Å². The van der Waals surface area contributed by atoms with Crippen LogP contribution in [0.2, 0.25) is 0 Å². The van der Waals surface area contributed by atoms with Crippen LogP contribution in [-0.2, 0) is 14.4 Å². The number of benzene rings is 2. The topological polar surface area (TPSA) is 106 Å². The molecule has 0 atom stereocenters. The largest absolute Gasteiger partial charge is 0.493 e. The summed E-state index contributed by atoms with van der Waals surface area (Å²) in [6.45, 7) is 3.10. The highest BCUT2D eigenvalue weighted by Gasteiger charge is 2.22. The molecule has 31 heavy (non-hydrogen) atoms. The van der Waals surface area contributed by atoms with Gasteiger partial charge in [-0.25, -0.2) is 0 Å². The molecule has 0 spiro atoms. The Bertz CT molecular complexity index is 1090. The standard InChI is InChI=1S/C22H21N3O5S/c1-13-5-4-6-16(9-13)24-20(27)12-30-17-8-7-15(10-18(17)29-3)11-19-21(28)25-22(31-19)23-14(2)26/h4-11H,12H2,1-3H3,(H,24,27)(H,23,25,26,28)/b19-11-. The summed E-state index contributed by atoms with van der Waals surface area (Å²) < 4.78 is 11.0. The molecule has 3 rings (SSSR count). The number of aryl methyl sites for hydroxylation is 1. The predicted molar refractivity (Wildman–Crippen MR) is 120 cm³/mol. The number of anilines is 1. The molecule has 1 aliphatic heterocycles. The molecular weight excluding hydrogens is 418 g/mol. The first-order valence-corrected chi connectivity index (χ1v) is 10.1. The number of amides is 3. The lowest BCUT2D eigenvalue weighted by Crippen LogP contribution is -2.23. The van der Waals surface area contributed by atoms with Crippen LogP contribution < -0.4 is 20.1 Å². The summed E-state index contributed by atoms with van der Waals surface area (Å²) in [5, 5.41) is 5.52. The maximum atomic E-state index is 12.2. The van der Waals surface area contributed by atoms with Gasteiger partial charge in [-0.1, -0.05) is 18.2 Å². The van der Waals surface area contributed by atoms with E-state index in [4.69, 9.17) is 9.47 Å². The van der Waals surface area contributed by atoms with Crippen molar-refractivity contribution < 1.29 is 23.9 Å². The molecule has 8 nitrogen and oxygen atoms in total. The molecule has 2 aromatic rings. The number of nitrogens with one attached hydrogen (secondary N) is 2. The van der Waals surface area contributed by atoms with Crippen molar-refractivity contribution in [3.63, 3.8) is 0 Å². The maximum Gasteiger partial charge on any atom is 0.286 e. The Morgan fingerprint density at radius 1 is 1.13 bits per heavy atom. The van der Waals surface area contributed by atoms with E-state index in [1.54, 1.807) is 30.3 Å². The summed E-state index contributed by atoms with van der Waals surface area (Å²) in [7, 11) is 1.49. The summed E-state index contributed by atoms with van der Waals surface area (Å²) in [5.41, 5.74) is 2.42. The minimum Gasteiger partial charge on any atom is -0.493 e. The first-order chi connectivity index (χ1) is 14.8. The van der Waals surface area contributed by atoms with E-state index in [-0.39, 0.29) is 23.6 Å². The zero-order chi connectivity index (χ0) is 22.4. The lowest BCUT2D eigenvalue weighted by Gasteiger charge is -2.12. The fourth-order valence-electron chi connectivity index (χ4n) is 2.72. The minimum atomic E-state index is -0.430. The highest BCUT2D eigenvalue weighted by atomic mass is 32.2. The monoisotopic (exact) mass is 439 g/mol. The van der Waals surface area contributed by atoms with E-state index >= 15 is 0 Å². The summed E-state index contributed by atoms with van der Waals surface area (Å²) in [6.07, 6.45) is 1.64. The van der Waals surface area contributed by atoms with Gasteiger partial charge >= 0.3 is 0 Å². The first-order valence-electron chi connectivity index (χ1n) is 9.31. The third kappa shape index (κ3) is 6.19. The van der Waals surface area contributed by atoms with Crippen LogP contribution >= 0.6 is 11.8 Å². The Kier molecular flexibility index (Phi) is 7.09. The van der Waals surface area contributed by atoms with Crippen molar-refractivity contribution in [2.75, 3.05) is 19.0 Å². The van der Waals surface area contributed by atoms with E-state index in [9.17, 15) is 14.4 Å². The maximum absolute atomic E-state index is 12.2. The number of hydrogen-bond acceptors (Lipinski definition) is 6. The number of carbonyl (C=O) groups excluding carboxylic acids is 3. The number of methoxy groups -OCH3 is 1. The molecule has 0 radical (unpaired) electrons. The van der Waals surface area contributed by atoms with E-state index in [0.29, 0.717) is 27.7 Å². The number of aliphatic imine (C=N–C) groups is 1. The van der Waals surface area contributed by atoms with Crippen LogP contribution in [0.25, 0.3) is 6.08 Å². The van der Waals surface area contributed by atoms with Gasteiger partial charge in [-0.05, 0) is 60.2 Å². The van der Waals surface area contributed by atoms with Gasteiger partial charge in [0.05, 0.1) is 12.0 Å². The molecular formula is C22H21N3O5S. The third-order valence-electron chi connectivity index (χ3n) is 4.05. The molecule has 1 aliphatic rings. The normalized spacial score (nSPS) is 14.2. The van der Waals surface area contributed by atoms with Crippen molar-refractivity contribution in [1.82, 2.24) is 5.32 Å². The van der Waals surface area contributed by atoms with Gasteiger partial charge in [0, 0.05) is 12.6 Å². The average Bonchev–Trinajstić information content (AvgIpc) is 3.04. The lowest BCUT2D eigenvalue weighted by molar-refractivity contribution is -0.118. The van der Waals surface area contributed by atoms with Gasteiger partial charge in [0.15, 0.2) is 23.3 Å². The quantitative estimate of drug-likeness (QED) is 0.670. The van der Waals surface area contributed by atoms with Crippen molar-refractivity contribution in [1.29, 1.82) is 0 Å². The smallest absolute Gasteiger partial charge is 0.286 e. The van der Waals surface area contributed by atoms with E-state index in [2.05, 4.69) is 15.6 Å². The van der Waals surface area contributed by atoms with Gasteiger partial charge in [-0.3, -0.25) is 14.4 Å². The lowest BCUT2D eigenvalue weighted by atomic mass is 10.2. The van der Waals surface area contributed by atoms with Crippen LogP contribution in [0, 0.1) is 6.92 Å². The van der Waals surface area contributed by atoms with Gasteiger partial charge in [0.2, 0.25) is 5.91 Å². The zero-order valence-corrected chi connectivity index (χ0v) is 18.0. The number of carbonyl (C=O) groups is 3. The second kappa shape index (κ2) is 9.94. The number of rotatable bonds is 6. The Morgan fingerprint density at radius 2 is 1.94 bits per heavy atom. The number of nitrogens with zero attached hydrogens (tertiary/aromatic N) is 1. The summed E-state index contributed by atoms with van der Waals surface area (Å²) in [5.74, 6) is -0.217. The first kappa shape index (κ1) is 22.1. The zero-order valence-electron chi connectivity index (χ0n) is 17.2. The van der Waals surface area contributed by atoms with Gasteiger partial charge in [0.1, 0.15) is 0 Å². The molecule has 2 aromatic carbocycles. The molecule has 1 heterocycles. The van der Waals surface area contributed by atoms with E-state index in [0.717, 1.165) is 17.3 Å². The third-order valence-corrected chi connectivity index (χ3v) is 4.95. The van der Waals surface area contributed by atoms with Gasteiger partial charge < -0.3 is 20.1 Å². The molecule has 0 saturated heterocycles. The fraction of sp³-hybridized carbons (Fsp3) is 0.182. The molecule has 0 aliphatic carbocycles. The molecule has 0 saturated carbocycles. The van der Waals surface area contributed by atoms with Gasteiger partial charge in [0.25, 0.3) is 11.8 Å². The summed E-state index contributed by atoms with van der Waals surface area (Å²) in [4.78, 5) is 39.5. The van der Waals surface area contributed by atoms with Crippen LogP contribution in [0.3, 0.4) is 0 Å². The van der Waals surface area contributed by atoms with Crippen LogP contribution in [-0.4, -0.2) is 36.6 Å². The predicted octanol–water partition coefficient (Wildman–Crippen LogP) is 3.13. The Balaban J connectivity index is 1.64. The van der Waals surface area contributed by atoms with E-state index in [1.807, 2.05) is 25.1 Å². The van der Waals surface area contributed by atoms with Crippen LogP contribution in [0.1, 0.15) is 18.1 Å². The molecule has 0 aromatic heterocycles. The molecule has 3 amide bonds.